The molecular weight excluding hydrogens is 194 g/mol. The van der Waals surface area contributed by atoms with Crippen LogP contribution in [0.2, 0.25) is 0 Å². The number of terminal acetylenes is 1. The van der Waals surface area contributed by atoms with Crippen LogP contribution in [0.15, 0.2) is 0 Å². The predicted octanol–water partition coefficient (Wildman–Crippen LogP) is -1.04. The molecule has 80 valence electrons. The summed E-state index contributed by atoms with van der Waals surface area (Å²) >= 11 is 0. The molecule has 1 saturated heterocycles. The van der Waals surface area contributed by atoms with Crippen LogP contribution in [-0.2, 0) is 9.53 Å². The van der Waals surface area contributed by atoms with Gasteiger partial charge < -0.3 is 10.1 Å². The minimum Gasteiger partial charge on any atom is -0.361 e. The zero-order chi connectivity index (χ0) is 11.1. The van der Waals surface area contributed by atoms with Crippen LogP contribution >= 0.6 is 0 Å². The first-order valence-electron chi connectivity index (χ1n) is 4.70. The predicted molar refractivity (Wildman–Crippen MR) is 53.6 cm³/mol. The van der Waals surface area contributed by atoms with E-state index in [1.54, 1.807) is 0 Å². The second kappa shape index (κ2) is 6.02. The molecule has 1 fully saturated rings. The highest BCUT2D eigenvalue weighted by molar-refractivity contribution is 5.78. The van der Waals surface area contributed by atoms with E-state index in [2.05, 4.69) is 11.2 Å². The molecule has 0 bridgehead atoms. The molecule has 1 unspecified atom stereocenters. The number of hydrogen-bond donors (Lipinski definition) is 1. The van der Waals surface area contributed by atoms with E-state index in [9.17, 15) is 4.79 Å². The van der Waals surface area contributed by atoms with Crippen molar-refractivity contribution in [2.45, 2.75) is 6.10 Å². The van der Waals surface area contributed by atoms with Crippen molar-refractivity contribution in [3.8, 4) is 18.4 Å². The average Bonchev–Trinajstić information content (AvgIpc) is 2.26. The van der Waals surface area contributed by atoms with Gasteiger partial charge in [0.15, 0.2) is 6.10 Å². The van der Waals surface area contributed by atoms with E-state index in [0.717, 1.165) is 0 Å². The Hall–Kier alpha value is -1.56. The Labute approximate surface area is 89.0 Å². The molecule has 1 aliphatic rings. The van der Waals surface area contributed by atoms with E-state index in [1.165, 1.54) is 0 Å². The lowest BCUT2D eigenvalue weighted by atomic mass is 10.3. The standard InChI is InChI=1S/C10H13N3O2/c1-2-3-12-10(14)8-13-4-5-15-9(6-11)7-13/h1,9H,3-5,7-8H2,(H,12,14). The molecule has 0 aliphatic carbocycles. The molecule has 0 saturated carbocycles. The number of carbonyl (C=O) groups excluding carboxylic acids is 1. The van der Waals surface area contributed by atoms with Gasteiger partial charge in [-0.05, 0) is 0 Å². The van der Waals surface area contributed by atoms with Crippen LogP contribution in [0.4, 0.5) is 0 Å². The summed E-state index contributed by atoms with van der Waals surface area (Å²) in [4.78, 5) is 13.2. The van der Waals surface area contributed by atoms with Gasteiger partial charge in [0.1, 0.15) is 0 Å². The Morgan fingerprint density at radius 1 is 1.73 bits per heavy atom. The van der Waals surface area contributed by atoms with Crippen molar-refractivity contribution < 1.29 is 9.53 Å². The molecule has 5 nitrogen and oxygen atoms in total. The van der Waals surface area contributed by atoms with Crippen LogP contribution in [-0.4, -0.2) is 49.7 Å². The highest BCUT2D eigenvalue weighted by atomic mass is 16.5. The lowest BCUT2D eigenvalue weighted by Gasteiger charge is -2.28. The maximum absolute atomic E-state index is 11.3. The quantitative estimate of drug-likeness (QED) is 0.600. The minimum atomic E-state index is -0.431. The summed E-state index contributed by atoms with van der Waals surface area (Å²) in [5, 5.41) is 11.2. The van der Waals surface area contributed by atoms with E-state index in [4.69, 9.17) is 16.4 Å². The van der Waals surface area contributed by atoms with Crippen molar-refractivity contribution in [3.63, 3.8) is 0 Å². The first kappa shape index (κ1) is 11.5. The second-order valence-electron chi connectivity index (χ2n) is 3.20. The first-order chi connectivity index (χ1) is 7.26. The fourth-order valence-electron chi connectivity index (χ4n) is 1.33. The topological polar surface area (TPSA) is 65.4 Å². The van der Waals surface area contributed by atoms with Crippen LogP contribution in [0.25, 0.3) is 0 Å². The van der Waals surface area contributed by atoms with Crippen molar-refractivity contribution in [3.05, 3.63) is 0 Å². The molecular formula is C10H13N3O2. The van der Waals surface area contributed by atoms with Crippen LogP contribution < -0.4 is 5.32 Å². The number of nitrogens with one attached hydrogen (secondary N) is 1. The third kappa shape index (κ3) is 3.99. The molecule has 5 heteroatoms. The van der Waals surface area contributed by atoms with Gasteiger partial charge in [-0.2, -0.15) is 5.26 Å². The summed E-state index contributed by atoms with van der Waals surface area (Å²) in [5.41, 5.74) is 0. The molecule has 1 rings (SSSR count). The lowest BCUT2D eigenvalue weighted by Crippen LogP contribution is -2.46. The smallest absolute Gasteiger partial charge is 0.234 e. The van der Waals surface area contributed by atoms with Gasteiger partial charge in [0.25, 0.3) is 0 Å². The summed E-state index contributed by atoms with van der Waals surface area (Å²) in [7, 11) is 0. The van der Waals surface area contributed by atoms with Crippen molar-refractivity contribution in [1.82, 2.24) is 10.2 Å². The van der Waals surface area contributed by atoms with Crippen molar-refractivity contribution in [2.24, 2.45) is 0 Å². The number of hydrogen-bond acceptors (Lipinski definition) is 4. The van der Waals surface area contributed by atoms with Gasteiger partial charge in [-0.15, -0.1) is 6.42 Å². The Kier molecular flexibility index (Phi) is 4.62. The van der Waals surface area contributed by atoms with Crippen molar-refractivity contribution in [1.29, 1.82) is 5.26 Å². The number of morpholine rings is 1. The molecule has 1 atom stereocenters. The first-order valence-corrected chi connectivity index (χ1v) is 4.70. The second-order valence-corrected chi connectivity index (χ2v) is 3.20. The Morgan fingerprint density at radius 3 is 3.20 bits per heavy atom. The molecule has 15 heavy (non-hydrogen) atoms. The number of carbonyl (C=O) groups is 1. The molecule has 0 aromatic heterocycles. The summed E-state index contributed by atoms with van der Waals surface area (Å²) in [6, 6.07) is 2.02. The maximum Gasteiger partial charge on any atom is 0.234 e. The van der Waals surface area contributed by atoms with Crippen LogP contribution in [0.1, 0.15) is 0 Å². The molecule has 1 N–H and O–H groups in total. The van der Waals surface area contributed by atoms with Crippen LogP contribution in [0, 0.1) is 23.7 Å². The molecule has 0 aromatic carbocycles. The Bertz CT molecular complexity index is 303. The zero-order valence-corrected chi connectivity index (χ0v) is 8.40. The maximum atomic E-state index is 11.3. The Balaban J connectivity index is 2.29. The summed E-state index contributed by atoms with van der Waals surface area (Å²) in [5.74, 6) is 2.21. The van der Waals surface area contributed by atoms with Crippen LogP contribution in [0.3, 0.4) is 0 Å². The summed E-state index contributed by atoms with van der Waals surface area (Å²) < 4.78 is 5.15. The molecule has 0 radical (unpaired) electrons. The summed E-state index contributed by atoms with van der Waals surface area (Å²) in [6.45, 7) is 2.14. The molecule has 1 amide bonds. The molecule has 0 spiro atoms. The number of rotatable bonds is 3. The Morgan fingerprint density at radius 2 is 2.53 bits per heavy atom. The number of nitrogens with zero attached hydrogens (tertiary/aromatic N) is 2. The van der Waals surface area contributed by atoms with Crippen molar-refractivity contribution >= 4 is 5.91 Å². The van der Waals surface area contributed by atoms with Gasteiger partial charge >= 0.3 is 0 Å². The average molecular weight is 207 g/mol. The third-order valence-electron chi connectivity index (χ3n) is 2.05. The molecule has 1 aliphatic heterocycles. The fourth-order valence-corrected chi connectivity index (χ4v) is 1.33. The summed E-state index contributed by atoms with van der Waals surface area (Å²) in [6.07, 6.45) is 4.58. The SMILES string of the molecule is C#CCNC(=O)CN1CCOC(C#N)C1. The van der Waals surface area contributed by atoms with Gasteiger partial charge in [0.2, 0.25) is 5.91 Å². The monoisotopic (exact) mass is 207 g/mol. The van der Waals surface area contributed by atoms with E-state index in [1.807, 2.05) is 11.0 Å². The fraction of sp³-hybridized carbons (Fsp3) is 0.600. The number of amides is 1. The van der Waals surface area contributed by atoms with E-state index in [-0.39, 0.29) is 19.0 Å². The van der Waals surface area contributed by atoms with Crippen molar-refractivity contribution in [2.75, 3.05) is 32.8 Å². The van der Waals surface area contributed by atoms with Gasteiger partial charge in [0, 0.05) is 13.1 Å². The van der Waals surface area contributed by atoms with Gasteiger partial charge in [0.05, 0.1) is 25.8 Å². The van der Waals surface area contributed by atoms with Gasteiger partial charge in [-0.25, -0.2) is 0 Å². The van der Waals surface area contributed by atoms with Gasteiger partial charge in [-0.1, -0.05) is 5.92 Å². The number of ether oxygens (including phenoxy) is 1. The number of nitriles is 1. The minimum absolute atomic E-state index is 0.119. The normalized spacial score (nSPS) is 21.3. The third-order valence-corrected chi connectivity index (χ3v) is 2.05. The highest BCUT2D eigenvalue weighted by Gasteiger charge is 2.21. The van der Waals surface area contributed by atoms with E-state index in [0.29, 0.717) is 19.7 Å². The molecule has 1 heterocycles. The zero-order valence-electron chi connectivity index (χ0n) is 8.40. The highest BCUT2D eigenvalue weighted by Crippen LogP contribution is 2.03. The molecule has 0 aromatic rings. The lowest BCUT2D eigenvalue weighted by molar-refractivity contribution is -0.123. The van der Waals surface area contributed by atoms with E-state index >= 15 is 0 Å². The van der Waals surface area contributed by atoms with Gasteiger partial charge in [-0.3, -0.25) is 9.69 Å². The van der Waals surface area contributed by atoms with Crippen LogP contribution in [0.5, 0.6) is 0 Å². The van der Waals surface area contributed by atoms with E-state index < -0.39 is 6.10 Å². The largest absolute Gasteiger partial charge is 0.361 e.